The van der Waals surface area contributed by atoms with Crippen molar-refractivity contribution in [2.24, 2.45) is 13.0 Å². The Morgan fingerprint density at radius 1 is 1.28 bits per heavy atom. The third kappa shape index (κ3) is 2.81. The topological polar surface area (TPSA) is 51.1 Å². The second-order valence-electron chi connectivity index (χ2n) is 5.26. The molecule has 1 fully saturated rings. The van der Waals surface area contributed by atoms with Crippen molar-refractivity contribution in [1.29, 1.82) is 0 Å². The van der Waals surface area contributed by atoms with Gasteiger partial charge in [0.25, 0.3) is 11.7 Å². The average Bonchev–Trinajstić information content (AvgIpc) is 2.77. The highest BCUT2D eigenvalue weighted by Gasteiger charge is 2.24. The van der Waals surface area contributed by atoms with Crippen LogP contribution in [-0.2, 0) is 11.8 Å². The maximum absolute atomic E-state index is 11.9. The fourth-order valence-corrected chi connectivity index (χ4v) is 2.47. The molecule has 0 radical (unpaired) electrons. The first-order chi connectivity index (χ1) is 8.58. The van der Waals surface area contributed by atoms with Crippen LogP contribution in [-0.4, -0.2) is 22.3 Å². The monoisotopic (exact) mass is 248 g/mol. The van der Waals surface area contributed by atoms with Gasteiger partial charge in [-0.3, -0.25) is 9.59 Å². The molecule has 0 spiro atoms. The summed E-state index contributed by atoms with van der Waals surface area (Å²) < 4.78 is 1.67. The maximum atomic E-state index is 11.9. The Balaban J connectivity index is 1.92. The van der Waals surface area contributed by atoms with E-state index in [9.17, 15) is 9.59 Å². The van der Waals surface area contributed by atoms with E-state index < -0.39 is 11.7 Å². The van der Waals surface area contributed by atoms with Crippen molar-refractivity contribution in [3.05, 3.63) is 24.0 Å². The van der Waals surface area contributed by atoms with Crippen LogP contribution >= 0.6 is 0 Å². The number of carbonyl (C=O) groups is 2. The number of aromatic nitrogens is 1. The predicted molar refractivity (Wildman–Crippen MR) is 69.3 cm³/mol. The van der Waals surface area contributed by atoms with Crippen molar-refractivity contribution in [3.8, 4) is 0 Å². The summed E-state index contributed by atoms with van der Waals surface area (Å²) in [5.41, 5.74) is 0.441. The molecule has 1 saturated carbocycles. The van der Waals surface area contributed by atoms with Crippen LogP contribution in [0.25, 0.3) is 0 Å². The summed E-state index contributed by atoms with van der Waals surface area (Å²) >= 11 is 0. The van der Waals surface area contributed by atoms with Gasteiger partial charge in [-0.05, 0) is 43.7 Å². The Kier molecular flexibility index (Phi) is 3.84. The zero-order valence-electron chi connectivity index (χ0n) is 11.0. The molecule has 1 N–H and O–H groups in total. The number of ketones is 1. The number of Topliss-reactive ketones (excluding diaryl/α,β-unsaturated/α-hetero) is 1. The number of aryl methyl sites for hydroxylation is 1. The number of hydrogen-bond donors (Lipinski definition) is 1. The molecule has 1 heterocycles. The second-order valence-corrected chi connectivity index (χ2v) is 5.26. The van der Waals surface area contributed by atoms with Crippen molar-refractivity contribution >= 4 is 11.7 Å². The van der Waals surface area contributed by atoms with E-state index in [0.717, 1.165) is 31.6 Å². The summed E-state index contributed by atoms with van der Waals surface area (Å²) in [4.78, 5) is 23.8. The lowest BCUT2D eigenvalue weighted by Gasteiger charge is -2.26. The van der Waals surface area contributed by atoms with Crippen LogP contribution in [0.15, 0.2) is 18.3 Å². The Morgan fingerprint density at radius 2 is 1.94 bits per heavy atom. The lowest BCUT2D eigenvalue weighted by atomic mass is 9.87. The van der Waals surface area contributed by atoms with Gasteiger partial charge in [-0.2, -0.15) is 0 Å². The van der Waals surface area contributed by atoms with Gasteiger partial charge in [-0.15, -0.1) is 0 Å². The molecule has 98 valence electrons. The fraction of sp³-hybridized carbons (Fsp3) is 0.571. The second kappa shape index (κ2) is 5.38. The molecule has 0 saturated heterocycles. The van der Waals surface area contributed by atoms with Crippen molar-refractivity contribution in [2.45, 2.75) is 38.6 Å². The lowest BCUT2D eigenvalue weighted by molar-refractivity contribution is -0.117. The van der Waals surface area contributed by atoms with E-state index in [1.165, 1.54) is 0 Å². The van der Waals surface area contributed by atoms with Crippen LogP contribution in [0.1, 0.15) is 43.1 Å². The van der Waals surface area contributed by atoms with E-state index in [1.54, 1.807) is 29.9 Å². The van der Waals surface area contributed by atoms with Gasteiger partial charge < -0.3 is 9.88 Å². The Morgan fingerprint density at radius 3 is 2.50 bits per heavy atom. The summed E-state index contributed by atoms with van der Waals surface area (Å²) in [6.45, 7) is 2.23. The fourth-order valence-electron chi connectivity index (χ4n) is 2.47. The van der Waals surface area contributed by atoms with Crippen molar-refractivity contribution in [3.63, 3.8) is 0 Å². The number of carbonyl (C=O) groups excluding carboxylic acids is 2. The molecule has 0 atom stereocenters. The minimum atomic E-state index is -0.476. The van der Waals surface area contributed by atoms with E-state index in [-0.39, 0.29) is 6.04 Å². The molecule has 1 aliphatic carbocycles. The first-order valence-corrected chi connectivity index (χ1v) is 6.54. The first-order valence-electron chi connectivity index (χ1n) is 6.54. The zero-order valence-corrected chi connectivity index (χ0v) is 11.0. The first kappa shape index (κ1) is 12.9. The molecule has 1 aliphatic rings. The van der Waals surface area contributed by atoms with Crippen LogP contribution in [0.2, 0.25) is 0 Å². The van der Waals surface area contributed by atoms with Crippen LogP contribution in [0, 0.1) is 5.92 Å². The molecule has 1 aromatic heterocycles. The summed E-state index contributed by atoms with van der Waals surface area (Å²) in [5.74, 6) is -0.181. The van der Waals surface area contributed by atoms with Crippen LogP contribution in [0.3, 0.4) is 0 Å². The lowest BCUT2D eigenvalue weighted by Crippen LogP contribution is -2.41. The Labute approximate surface area is 107 Å². The van der Waals surface area contributed by atoms with Crippen molar-refractivity contribution in [2.75, 3.05) is 0 Å². The minimum Gasteiger partial charge on any atom is -0.348 e. The normalized spacial score (nSPS) is 23.7. The van der Waals surface area contributed by atoms with Gasteiger partial charge in [0, 0.05) is 19.3 Å². The van der Waals surface area contributed by atoms with Gasteiger partial charge in [-0.25, -0.2) is 0 Å². The molecular weight excluding hydrogens is 228 g/mol. The number of rotatable bonds is 3. The summed E-state index contributed by atoms with van der Waals surface area (Å²) in [7, 11) is 1.77. The molecule has 4 heteroatoms. The molecule has 4 nitrogen and oxygen atoms in total. The number of nitrogens with one attached hydrogen (secondary N) is 1. The molecule has 0 unspecified atom stereocenters. The molecule has 1 aromatic rings. The molecule has 0 aromatic carbocycles. The van der Waals surface area contributed by atoms with E-state index in [4.69, 9.17) is 0 Å². The average molecular weight is 248 g/mol. The van der Waals surface area contributed by atoms with E-state index in [0.29, 0.717) is 5.69 Å². The third-order valence-electron chi connectivity index (χ3n) is 3.73. The quantitative estimate of drug-likeness (QED) is 0.656. The zero-order chi connectivity index (χ0) is 13.1. The Bertz CT molecular complexity index is 442. The van der Waals surface area contributed by atoms with Gasteiger partial charge in [0.1, 0.15) is 0 Å². The van der Waals surface area contributed by atoms with Crippen LogP contribution in [0.4, 0.5) is 0 Å². The van der Waals surface area contributed by atoms with Crippen LogP contribution in [0.5, 0.6) is 0 Å². The minimum absolute atomic E-state index is 0.165. The van der Waals surface area contributed by atoms with Gasteiger partial charge in [-0.1, -0.05) is 6.92 Å². The largest absolute Gasteiger partial charge is 0.348 e. The molecule has 0 bridgehead atoms. The smallest absolute Gasteiger partial charge is 0.294 e. The van der Waals surface area contributed by atoms with E-state index in [2.05, 4.69) is 12.2 Å². The van der Waals surface area contributed by atoms with E-state index >= 15 is 0 Å². The highest BCUT2D eigenvalue weighted by atomic mass is 16.2. The third-order valence-corrected chi connectivity index (χ3v) is 3.73. The van der Waals surface area contributed by atoms with E-state index in [1.807, 2.05) is 0 Å². The van der Waals surface area contributed by atoms with Gasteiger partial charge in [0.15, 0.2) is 0 Å². The highest BCUT2D eigenvalue weighted by Crippen LogP contribution is 2.23. The molecule has 1 amide bonds. The number of nitrogens with zero attached hydrogens (tertiary/aromatic N) is 1. The van der Waals surface area contributed by atoms with Crippen molar-refractivity contribution < 1.29 is 9.59 Å². The summed E-state index contributed by atoms with van der Waals surface area (Å²) in [5, 5.41) is 2.85. The Hall–Kier alpha value is -1.58. The van der Waals surface area contributed by atoms with Gasteiger partial charge >= 0.3 is 0 Å². The molecule has 2 rings (SSSR count). The predicted octanol–water partition coefficient (Wildman–Crippen LogP) is 1.90. The molecule has 0 aliphatic heterocycles. The standard InChI is InChI=1S/C14H20N2O2/c1-10-5-7-11(8-6-10)15-14(18)13(17)12-4-3-9-16(12)2/h3-4,9-11H,5-8H2,1-2H3,(H,15,18). The molecular formula is C14H20N2O2. The van der Waals surface area contributed by atoms with Gasteiger partial charge in [0.05, 0.1) is 5.69 Å². The SMILES string of the molecule is CC1CCC(NC(=O)C(=O)c2cccn2C)CC1. The highest BCUT2D eigenvalue weighted by molar-refractivity contribution is 6.42. The maximum Gasteiger partial charge on any atom is 0.294 e. The number of hydrogen-bond acceptors (Lipinski definition) is 2. The van der Waals surface area contributed by atoms with Crippen molar-refractivity contribution in [1.82, 2.24) is 9.88 Å². The number of amides is 1. The van der Waals surface area contributed by atoms with Gasteiger partial charge in [0.2, 0.25) is 0 Å². The summed E-state index contributed by atoms with van der Waals surface area (Å²) in [6.07, 6.45) is 5.98. The molecule has 18 heavy (non-hydrogen) atoms. The summed E-state index contributed by atoms with van der Waals surface area (Å²) in [6, 6.07) is 3.60. The van der Waals surface area contributed by atoms with Crippen LogP contribution < -0.4 is 5.32 Å².